The zero-order valence-corrected chi connectivity index (χ0v) is 21.4. The van der Waals surface area contributed by atoms with Crippen LogP contribution in [0.4, 0.5) is 11.4 Å². The largest absolute Gasteiger partial charge is 0.354 e. The zero-order chi connectivity index (χ0) is 27.6. The number of fused-ring (bicyclic) bond motifs is 2. The van der Waals surface area contributed by atoms with Gasteiger partial charge < -0.3 is 5.32 Å². The zero-order valence-electron chi connectivity index (χ0n) is 21.4. The third-order valence-corrected chi connectivity index (χ3v) is 7.36. The van der Waals surface area contributed by atoms with E-state index in [1.807, 2.05) is 31.2 Å². The summed E-state index contributed by atoms with van der Waals surface area (Å²) in [5, 5.41) is 5.55. The van der Waals surface area contributed by atoms with Crippen LogP contribution in [-0.4, -0.2) is 48.7 Å². The van der Waals surface area contributed by atoms with Crippen LogP contribution in [0.3, 0.4) is 0 Å². The molecule has 11 heteroatoms. The molecule has 0 radical (unpaired) electrons. The molecule has 2 aliphatic rings. The van der Waals surface area contributed by atoms with Crippen LogP contribution in [0.5, 0.6) is 0 Å². The van der Waals surface area contributed by atoms with Crippen molar-refractivity contribution in [2.24, 2.45) is 14.1 Å². The van der Waals surface area contributed by atoms with Crippen LogP contribution in [-0.2, 0) is 23.7 Å². The van der Waals surface area contributed by atoms with E-state index in [1.54, 1.807) is 43.1 Å². The minimum absolute atomic E-state index is 0.0411. The van der Waals surface area contributed by atoms with E-state index < -0.39 is 29.7 Å². The SMILES string of the molecule is Cc1cc(-c2cc3c(cc2Nc2cccc4c2C(=O)N([C@@H]2CCC(=O)NC2=O)C4=O)n(C)c(=O)n3C)ccn1. The van der Waals surface area contributed by atoms with E-state index in [-0.39, 0.29) is 29.7 Å². The monoisotopic (exact) mass is 524 g/mol. The fourth-order valence-corrected chi connectivity index (χ4v) is 5.36. The molecular formula is C28H24N6O5. The summed E-state index contributed by atoms with van der Waals surface area (Å²) < 4.78 is 3.10. The highest BCUT2D eigenvalue weighted by atomic mass is 16.2. The molecule has 0 aliphatic carbocycles. The third-order valence-electron chi connectivity index (χ3n) is 7.36. The predicted octanol–water partition coefficient (Wildman–Crippen LogP) is 2.39. The Morgan fingerprint density at radius 1 is 0.897 bits per heavy atom. The van der Waals surface area contributed by atoms with E-state index in [4.69, 9.17) is 0 Å². The van der Waals surface area contributed by atoms with Crippen molar-refractivity contribution in [1.29, 1.82) is 0 Å². The lowest BCUT2D eigenvalue weighted by molar-refractivity contribution is -0.136. The number of carbonyl (C=O) groups excluding carboxylic acids is 4. The third kappa shape index (κ3) is 3.73. The highest BCUT2D eigenvalue weighted by molar-refractivity contribution is 6.25. The molecule has 1 saturated heterocycles. The molecule has 0 spiro atoms. The lowest BCUT2D eigenvalue weighted by Crippen LogP contribution is -2.54. The lowest BCUT2D eigenvalue weighted by atomic mass is 10.0. The number of imide groups is 2. The first-order valence-electron chi connectivity index (χ1n) is 12.4. The van der Waals surface area contributed by atoms with Gasteiger partial charge >= 0.3 is 5.69 Å². The van der Waals surface area contributed by atoms with Crippen molar-refractivity contribution < 1.29 is 19.2 Å². The molecular weight excluding hydrogens is 500 g/mol. The first-order valence-corrected chi connectivity index (χ1v) is 12.4. The number of piperidine rings is 1. The Balaban J connectivity index is 1.48. The van der Waals surface area contributed by atoms with Crippen LogP contribution in [0.2, 0.25) is 0 Å². The summed E-state index contributed by atoms with van der Waals surface area (Å²) in [4.78, 5) is 68.9. The minimum atomic E-state index is -1.06. The lowest BCUT2D eigenvalue weighted by Gasteiger charge is -2.27. The number of imidazole rings is 1. The summed E-state index contributed by atoms with van der Waals surface area (Å²) in [6.07, 6.45) is 1.81. The van der Waals surface area contributed by atoms with Crippen LogP contribution < -0.4 is 16.3 Å². The number of hydrogen-bond acceptors (Lipinski definition) is 7. The van der Waals surface area contributed by atoms with Gasteiger partial charge in [-0.3, -0.25) is 43.5 Å². The average Bonchev–Trinajstić information content (AvgIpc) is 3.28. The molecule has 0 saturated carbocycles. The molecule has 4 amide bonds. The molecule has 0 bridgehead atoms. The standard InChI is InChI=1S/C28H24N6O5/c1-14-11-15(9-10-29-14)17-12-21-22(33(3)28(39)32(21)2)13-19(17)30-18-6-4-5-16-24(18)27(38)34(26(16)37)20-7-8-23(35)31-25(20)36/h4-6,9-13,20,30H,7-8H2,1-3H3,(H,31,35,36)/t20-/m1/s1. The molecule has 2 aromatic heterocycles. The number of anilines is 2. The number of carbonyl (C=O) groups is 4. The van der Waals surface area contributed by atoms with Crippen molar-refractivity contribution in [1.82, 2.24) is 24.3 Å². The van der Waals surface area contributed by atoms with Crippen molar-refractivity contribution >= 4 is 46.0 Å². The van der Waals surface area contributed by atoms with Crippen molar-refractivity contribution in [2.45, 2.75) is 25.8 Å². The van der Waals surface area contributed by atoms with Gasteiger partial charge in [0.2, 0.25) is 11.8 Å². The maximum Gasteiger partial charge on any atom is 0.328 e. The van der Waals surface area contributed by atoms with E-state index in [0.29, 0.717) is 16.9 Å². The Morgan fingerprint density at radius 2 is 1.64 bits per heavy atom. The molecule has 6 rings (SSSR count). The van der Waals surface area contributed by atoms with E-state index in [2.05, 4.69) is 15.6 Å². The van der Waals surface area contributed by atoms with Gasteiger partial charge in [0, 0.05) is 43.7 Å². The molecule has 2 aliphatic heterocycles. The Kier molecular flexibility index (Phi) is 5.45. The second kappa shape index (κ2) is 8.76. The first-order chi connectivity index (χ1) is 18.7. The van der Waals surface area contributed by atoms with Gasteiger partial charge in [-0.15, -0.1) is 0 Å². The fourth-order valence-electron chi connectivity index (χ4n) is 5.36. The van der Waals surface area contributed by atoms with Gasteiger partial charge in [-0.2, -0.15) is 0 Å². The highest BCUT2D eigenvalue weighted by Gasteiger charge is 2.45. The predicted molar refractivity (Wildman–Crippen MR) is 143 cm³/mol. The summed E-state index contributed by atoms with van der Waals surface area (Å²) in [7, 11) is 3.39. The molecule has 2 N–H and O–H groups in total. The average molecular weight is 525 g/mol. The molecule has 4 heterocycles. The van der Waals surface area contributed by atoms with Crippen molar-refractivity contribution in [3.63, 3.8) is 0 Å². The summed E-state index contributed by atoms with van der Waals surface area (Å²) in [5.41, 5.74) is 4.97. The Labute approximate surface area is 222 Å². The molecule has 1 fully saturated rings. The van der Waals surface area contributed by atoms with Crippen LogP contribution >= 0.6 is 0 Å². The van der Waals surface area contributed by atoms with Crippen LogP contribution in [0.1, 0.15) is 39.3 Å². The summed E-state index contributed by atoms with van der Waals surface area (Å²) in [6, 6.07) is 11.3. The molecule has 39 heavy (non-hydrogen) atoms. The second-order valence-corrected chi connectivity index (χ2v) is 9.77. The fraction of sp³-hybridized carbons (Fsp3) is 0.214. The normalized spacial score (nSPS) is 17.1. The van der Waals surface area contributed by atoms with Gasteiger partial charge in [-0.25, -0.2) is 4.79 Å². The summed E-state index contributed by atoms with van der Waals surface area (Å²) >= 11 is 0. The molecule has 4 aromatic rings. The molecule has 2 aromatic carbocycles. The number of pyridine rings is 1. The Bertz CT molecular complexity index is 1820. The van der Waals surface area contributed by atoms with Gasteiger partial charge in [-0.05, 0) is 55.3 Å². The maximum atomic E-state index is 13.6. The van der Waals surface area contributed by atoms with Gasteiger partial charge in [0.25, 0.3) is 11.8 Å². The number of benzene rings is 2. The van der Waals surface area contributed by atoms with Crippen LogP contribution in [0.25, 0.3) is 22.2 Å². The number of aryl methyl sites for hydroxylation is 3. The van der Waals surface area contributed by atoms with E-state index in [1.165, 1.54) is 4.57 Å². The summed E-state index contributed by atoms with van der Waals surface area (Å²) in [5.74, 6) is -2.29. The number of nitrogens with one attached hydrogen (secondary N) is 2. The van der Waals surface area contributed by atoms with Gasteiger partial charge in [0.05, 0.1) is 27.8 Å². The maximum absolute atomic E-state index is 13.6. The molecule has 0 unspecified atom stereocenters. The Hall–Kier alpha value is -5.06. The van der Waals surface area contributed by atoms with Crippen LogP contribution in [0, 0.1) is 6.92 Å². The van der Waals surface area contributed by atoms with E-state index in [9.17, 15) is 24.0 Å². The van der Waals surface area contributed by atoms with Gasteiger partial charge in [-0.1, -0.05) is 6.07 Å². The topological polar surface area (TPSA) is 135 Å². The first kappa shape index (κ1) is 24.3. The smallest absolute Gasteiger partial charge is 0.328 e. The number of nitrogens with zero attached hydrogens (tertiary/aromatic N) is 4. The molecule has 196 valence electrons. The van der Waals surface area contributed by atoms with Crippen molar-refractivity contribution in [3.05, 3.63) is 76.0 Å². The number of aromatic nitrogens is 3. The number of amides is 4. The molecule has 1 atom stereocenters. The van der Waals surface area contributed by atoms with Crippen molar-refractivity contribution in [2.75, 3.05) is 5.32 Å². The Morgan fingerprint density at radius 3 is 2.36 bits per heavy atom. The number of hydrogen-bond donors (Lipinski definition) is 2. The van der Waals surface area contributed by atoms with E-state index in [0.717, 1.165) is 27.2 Å². The van der Waals surface area contributed by atoms with Crippen molar-refractivity contribution in [3.8, 4) is 11.1 Å². The summed E-state index contributed by atoms with van der Waals surface area (Å²) in [6.45, 7) is 1.88. The number of rotatable bonds is 4. The second-order valence-electron chi connectivity index (χ2n) is 9.77. The quantitative estimate of drug-likeness (QED) is 0.391. The van der Waals surface area contributed by atoms with Gasteiger partial charge in [0.1, 0.15) is 6.04 Å². The van der Waals surface area contributed by atoms with Gasteiger partial charge in [0.15, 0.2) is 0 Å². The molecule has 11 nitrogen and oxygen atoms in total. The highest BCUT2D eigenvalue weighted by Crippen LogP contribution is 2.38. The van der Waals surface area contributed by atoms with Crippen LogP contribution in [0.15, 0.2) is 53.5 Å². The minimum Gasteiger partial charge on any atom is -0.354 e. The van der Waals surface area contributed by atoms with E-state index >= 15 is 0 Å².